The highest BCUT2D eigenvalue weighted by molar-refractivity contribution is 7.92. The number of carbonyl (C=O) groups is 2. The number of hydrogen-bond acceptors (Lipinski definition) is 7. The van der Waals surface area contributed by atoms with E-state index in [0.717, 1.165) is 18.2 Å². The Hall–Kier alpha value is -3.47. The Morgan fingerprint density at radius 1 is 1.02 bits per heavy atom. The molecule has 0 fully saturated rings. The van der Waals surface area contributed by atoms with Crippen molar-refractivity contribution in [2.75, 3.05) is 37.4 Å². The fourth-order valence-corrected chi connectivity index (χ4v) is 5.44. The van der Waals surface area contributed by atoms with Crippen molar-refractivity contribution >= 4 is 27.5 Å². The number of nitrogens with one attached hydrogen (secondary N) is 1. The molecule has 2 aromatic carbocycles. The monoisotopic (exact) mass is 575 g/mol. The van der Waals surface area contributed by atoms with Gasteiger partial charge in [0.2, 0.25) is 21.8 Å². The summed E-state index contributed by atoms with van der Waals surface area (Å²) < 4.78 is 43.0. The van der Waals surface area contributed by atoms with Crippen molar-refractivity contribution in [2.24, 2.45) is 0 Å². The third kappa shape index (κ3) is 8.27. The second-order valence-electron chi connectivity index (χ2n) is 9.88. The minimum absolute atomic E-state index is 0.0196. The molecule has 2 atom stereocenters. The van der Waals surface area contributed by atoms with Gasteiger partial charge in [-0.1, -0.05) is 26.0 Å². The lowest BCUT2D eigenvalue weighted by atomic mass is 10.1. The van der Waals surface area contributed by atoms with Crippen LogP contribution in [0.15, 0.2) is 42.5 Å². The van der Waals surface area contributed by atoms with Gasteiger partial charge in [-0.2, -0.15) is 0 Å². The Morgan fingerprint density at radius 3 is 2.30 bits per heavy atom. The third-order valence-electron chi connectivity index (χ3n) is 6.86. The van der Waals surface area contributed by atoms with Crippen molar-refractivity contribution in [2.45, 2.75) is 65.1 Å². The fraction of sp³-hybridized carbons (Fsp3) is 0.517. The van der Waals surface area contributed by atoms with Crippen molar-refractivity contribution < 1.29 is 32.2 Å². The van der Waals surface area contributed by atoms with E-state index in [2.05, 4.69) is 5.32 Å². The summed E-state index contributed by atoms with van der Waals surface area (Å²) >= 11 is 0. The molecule has 1 aliphatic rings. The fourth-order valence-electron chi connectivity index (χ4n) is 4.48. The van der Waals surface area contributed by atoms with E-state index in [0.29, 0.717) is 42.6 Å². The van der Waals surface area contributed by atoms with E-state index < -0.39 is 16.1 Å². The molecule has 220 valence electrons. The maximum absolute atomic E-state index is 13.6. The number of methoxy groups -OCH3 is 1. The second kappa shape index (κ2) is 14.2. The largest absolute Gasteiger partial charge is 0.497 e. The van der Waals surface area contributed by atoms with Gasteiger partial charge in [0.25, 0.3) is 0 Å². The molecule has 0 unspecified atom stereocenters. The van der Waals surface area contributed by atoms with Crippen LogP contribution in [0.2, 0.25) is 0 Å². The van der Waals surface area contributed by atoms with Gasteiger partial charge in [-0.25, -0.2) is 8.42 Å². The number of anilines is 1. The molecule has 1 N–H and O–H groups in total. The first-order valence-electron chi connectivity index (χ1n) is 13.7. The highest BCUT2D eigenvalue weighted by Gasteiger charge is 2.29. The van der Waals surface area contributed by atoms with Gasteiger partial charge in [-0.05, 0) is 56.0 Å². The van der Waals surface area contributed by atoms with Gasteiger partial charge in [0.15, 0.2) is 11.5 Å². The average Bonchev–Trinajstić information content (AvgIpc) is 2.94. The quantitative estimate of drug-likeness (QED) is 0.365. The van der Waals surface area contributed by atoms with E-state index >= 15 is 0 Å². The normalized spacial score (nSPS) is 14.1. The van der Waals surface area contributed by atoms with Crippen LogP contribution in [0.25, 0.3) is 0 Å². The van der Waals surface area contributed by atoms with Crippen LogP contribution in [-0.4, -0.2) is 70.3 Å². The molecule has 0 aliphatic carbocycles. The van der Waals surface area contributed by atoms with E-state index in [4.69, 9.17) is 14.2 Å². The predicted octanol–water partition coefficient (Wildman–Crippen LogP) is 3.73. The lowest BCUT2D eigenvalue weighted by Gasteiger charge is -2.32. The molecule has 0 bridgehead atoms. The molecule has 0 aromatic heterocycles. The molecule has 1 aliphatic heterocycles. The Balaban J connectivity index is 1.77. The van der Waals surface area contributed by atoms with E-state index in [1.54, 1.807) is 30.2 Å². The maximum Gasteiger partial charge on any atom is 0.243 e. The van der Waals surface area contributed by atoms with Gasteiger partial charge in [-0.15, -0.1) is 0 Å². The molecule has 11 heteroatoms. The summed E-state index contributed by atoms with van der Waals surface area (Å²) in [5.41, 5.74) is 1.30. The Bertz CT molecular complexity index is 1250. The zero-order chi connectivity index (χ0) is 29.3. The van der Waals surface area contributed by atoms with Crippen molar-refractivity contribution in [3.63, 3.8) is 0 Å². The molecular weight excluding hydrogens is 534 g/mol. The Morgan fingerprint density at radius 2 is 1.70 bits per heavy atom. The molecule has 2 aromatic rings. The molecule has 0 saturated carbocycles. The molecule has 1 heterocycles. The highest BCUT2D eigenvalue weighted by atomic mass is 32.2. The molecular formula is C29H41N3O7S. The molecule has 3 rings (SSSR count). The summed E-state index contributed by atoms with van der Waals surface area (Å²) in [6.07, 6.45) is 2.68. The number of hydrogen-bond donors (Lipinski definition) is 1. The summed E-state index contributed by atoms with van der Waals surface area (Å²) in [4.78, 5) is 28.4. The minimum atomic E-state index is -3.63. The van der Waals surface area contributed by atoms with Crippen LogP contribution in [0.1, 0.15) is 52.0 Å². The second-order valence-corrected chi connectivity index (χ2v) is 11.8. The predicted molar refractivity (Wildman–Crippen MR) is 154 cm³/mol. The molecule has 0 spiro atoms. The third-order valence-corrected chi connectivity index (χ3v) is 8.06. The molecule has 0 radical (unpaired) electrons. The van der Waals surface area contributed by atoms with Gasteiger partial charge >= 0.3 is 0 Å². The number of benzene rings is 2. The van der Waals surface area contributed by atoms with Crippen molar-refractivity contribution in [1.82, 2.24) is 10.2 Å². The zero-order valence-corrected chi connectivity index (χ0v) is 24.8. The first-order chi connectivity index (χ1) is 19.1. The summed E-state index contributed by atoms with van der Waals surface area (Å²) in [5.74, 6) is 1.32. The van der Waals surface area contributed by atoms with Crippen LogP contribution in [0.4, 0.5) is 5.69 Å². The standard InChI is InChI=1S/C29H41N3O7S/c1-6-21(3)30-29(34)25(7-2)31(20-22-10-13-24(37-4)14-11-22)28(33)9-8-16-32(40(5,35)36)23-12-15-26-27(19-23)39-18-17-38-26/h10-15,19,21,25H,6-9,16-18,20H2,1-5H3,(H,30,34)/t21-,25+/m1/s1. The minimum Gasteiger partial charge on any atom is -0.497 e. The Kier molecular flexibility index (Phi) is 11.1. The number of ether oxygens (including phenoxy) is 3. The number of carbonyl (C=O) groups excluding carboxylic acids is 2. The van der Waals surface area contributed by atoms with Gasteiger partial charge in [0.1, 0.15) is 25.0 Å². The van der Waals surface area contributed by atoms with Crippen LogP contribution < -0.4 is 23.8 Å². The van der Waals surface area contributed by atoms with Gasteiger partial charge in [0, 0.05) is 31.6 Å². The van der Waals surface area contributed by atoms with Crippen molar-refractivity contribution in [3.05, 3.63) is 48.0 Å². The van der Waals surface area contributed by atoms with Gasteiger partial charge in [0.05, 0.1) is 19.1 Å². The number of sulfonamides is 1. The van der Waals surface area contributed by atoms with Crippen molar-refractivity contribution in [3.8, 4) is 17.2 Å². The smallest absolute Gasteiger partial charge is 0.243 e. The van der Waals surface area contributed by atoms with Gasteiger partial charge in [-0.3, -0.25) is 13.9 Å². The molecule has 10 nitrogen and oxygen atoms in total. The van der Waals surface area contributed by atoms with Crippen LogP contribution in [0.3, 0.4) is 0 Å². The zero-order valence-electron chi connectivity index (χ0n) is 24.0. The topological polar surface area (TPSA) is 114 Å². The number of amides is 2. The maximum atomic E-state index is 13.6. The first kappa shape index (κ1) is 31.1. The lowest BCUT2D eigenvalue weighted by molar-refractivity contribution is -0.141. The van der Waals surface area contributed by atoms with E-state index in [1.807, 2.05) is 45.0 Å². The number of rotatable bonds is 14. The highest BCUT2D eigenvalue weighted by Crippen LogP contribution is 2.34. The van der Waals surface area contributed by atoms with E-state index in [-0.39, 0.29) is 43.8 Å². The SMILES string of the molecule is CC[C@@H](C)NC(=O)[C@H](CC)N(Cc1ccc(OC)cc1)C(=O)CCCN(c1ccc2c(c1)OCCO2)S(C)(=O)=O. The molecule has 2 amide bonds. The van der Waals surface area contributed by atoms with Crippen LogP contribution >= 0.6 is 0 Å². The molecule has 40 heavy (non-hydrogen) atoms. The summed E-state index contributed by atoms with van der Waals surface area (Å²) in [5, 5.41) is 3.00. The van der Waals surface area contributed by atoms with E-state index in [9.17, 15) is 18.0 Å². The van der Waals surface area contributed by atoms with Gasteiger partial charge < -0.3 is 24.4 Å². The van der Waals surface area contributed by atoms with E-state index in [1.165, 1.54) is 4.31 Å². The summed E-state index contributed by atoms with van der Waals surface area (Å²) in [7, 11) is -2.05. The van der Waals surface area contributed by atoms with Crippen LogP contribution in [0.5, 0.6) is 17.2 Å². The van der Waals surface area contributed by atoms with Crippen LogP contribution in [-0.2, 0) is 26.2 Å². The lowest BCUT2D eigenvalue weighted by Crippen LogP contribution is -2.50. The van der Waals surface area contributed by atoms with Crippen LogP contribution in [0, 0.1) is 0 Å². The first-order valence-corrected chi connectivity index (χ1v) is 15.5. The number of nitrogens with zero attached hydrogens (tertiary/aromatic N) is 2. The number of fused-ring (bicyclic) bond motifs is 1. The summed E-state index contributed by atoms with van der Waals surface area (Å²) in [6, 6.07) is 11.7. The summed E-state index contributed by atoms with van der Waals surface area (Å²) in [6.45, 7) is 6.95. The average molecular weight is 576 g/mol. The Labute approximate surface area is 237 Å². The molecule has 0 saturated heterocycles. The van der Waals surface area contributed by atoms with Crippen molar-refractivity contribution in [1.29, 1.82) is 0 Å².